The van der Waals surface area contributed by atoms with Crippen molar-refractivity contribution in [3.63, 3.8) is 0 Å². The number of nitrogens with one attached hydrogen (secondary N) is 1. The van der Waals surface area contributed by atoms with E-state index in [2.05, 4.69) is 22.9 Å². The van der Waals surface area contributed by atoms with Crippen LogP contribution in [0.2, 0.25) is 0 Å². The largest absolute Gasteiger partial charge is 0.350 e. The third-order valence-electron chi connectivity index (χ3n) is 5.04. The molecule has 3 heteroatoms. The van der Waals surface area contributed by atoms with Crippen molar-refractivity contribution in [3.05, 3.63) is 48.0 Å². The van der Waals surface area contributed by atoms with E-state index in [0.29, 0.717) is 12.0 Å². The second kappa shape index (κ2) is 6.02. The molecule has 1 N–H and O–H groups in total. The van der Waals surface area contributed by atoms with E-state index in [1.54, 1.807) is 0 Å². The van der Waals surface area contributed by atoms with E-state index >= 15 is 0 Å². The predicted molar refractivity (Wildman–Crippen MR) is 85.3 cm³/mol. The second-order valence-electron chi connectivity index (χ2n) is 6.41. The molecule has 3 saturated heterocycles. The molecule has 0 spiro atoms. The quantitative estimate of drug-likeness (QED) is 0.862. The fourth-order valence-electron chi connectivity index (χ4n) is 3.68. The summed E-state index contributed by atoms with van der Waals surface area (Å²) in [5.74, 6) is 1.44. The minimum absolute atomic E-state index is 0.0397. The predicted octanol–water partition coefficient (Wildman–Crippen LogP) is 2.62. The number of hydrogen-bond acceptors (Lipinski definition) is 2. The lowest BCUT2D eigenvalue weighted by Crippen LogP contribution is -2.56. The summed E-state index contributed by atoms with van der Waals surface area (Å²) in [5, 5.41) is 3.10. The van der Waals surface area contributed by atoms with Gasteiger partial charge in [0.05, 0.1) is 0 Å². The van der Waals surface area contributed by atoms with Gasteiger partial charge in [0.1, 0.15) is 0 Å². The fraction of sp³-hybridized carbons (Fsp3) is 0.500. The average molecular weight is 284 g/mol. The highest BCUT2D eigenvalue weighted by atomic mass is 16.1. The van der Waals surface area contributed by atoms with Gasteiger partial charge < -0.3 is 5.32 Å². The third kappa shape index (κ3) is 3.03. The molecule has 0 aromatic heterocycles. The van der Waals surface area contributed by atoms with Crippen LogP contribution in [0.5, 0.6) is 0 Å². The van der Waals surface area contributed by atoms with E-state index in [0.717, 1.165) is 24.6 Å². The zero-order chi connectivity index (χ0) is 14.8. The summed E-state index contributed by atoms with van der Waals surface area (Å²) in [6.07, 6.45) is 4.57. The van der Waals surface area contributed by atoms with Crippen molar-refractivity contribution in [2.24, 2.45) is 11.8 Å². The smallest absolute Gasteiger partial charge is 0.251 e. The molecule has 3 aliphatic rings. The Morgan fingerprint density at radius 1 is 1.43 bits per heavy atom. The SMILES string of the molecule is C=CC1CN2CCC1CC2CNC(=O)c1ccc(C)cc1. The van der Waals surface area contributed by atoms with Crippen molar-refractivity contribution in [1.82, 2.24) is 10.2 Å². The molecule has 3 aliphatic heterocycles. The van der Waals surface area contributed by atoms with Crippen LogP contribution in [0.3, 0.4) is 0 Å². The molecular weight excluding hydrogens is 260 g/mol. The molecule has 3 nitrogen and oxygen atoms in total. The molecule has 0 saturated carbocycles. The first kappa shape index (κ1) is 14.3. The maximum Gasteiger partial charge on any atom is 0.251 e. The molecule has 21 heavy (non-hydrogen) atoms. The number of hydrogen-bond donors (Lipinski definition) is 1. The summed E-state index contributed by atoms with van der Waals surface area (Å²) < 4.78 is 0. The fourth-order valence-corrected chi connectivity index (χ4v) is 3.68. The molecule has 4 atom stereocenters. The lowest BCUT2D eigenvalue weighted by molar-refractivity contribution is 0.0195. The highest BCUT2D eigenvalue weighted by Gasteiger charge is 2.38. The molecule has 3 heterocycles. The first-order chi connectivity index (χ1) is 10.2. The number of benzene rings is 1. The van der Waals surface area contributed by atoms with Crippen molar-refractivity contribution in [2.75, 3.05) is 19.6 Å². The van der Waals surface area contributed by atoms with Gasteiger partial charge in [0.25, 0.3) is 5.91 Å². The summed E-state index contributed by atoms with van der Waals surface area (Å²) in [6.45, 7) is 9.02. The van der Waals surface area contributed by atoms with Gasteiger partial charge in [-0.25, -0.2) is 0 Å². The second-order valence-corrected chi connectivity index (χ2v) is 6.41. The number of amides is 1. The monoisotopic (exact) mass is 284 g/mol. The molecule has 2 bridgehead atoms. The van der Waals surface area contributed by atoms with Gasteiger partial charge in [-0.05, 0) is 50.3 Å². The van der Waals surface area contributed by atoms with Crippen LogP contribution in [0.4, 0.5) is 0 Å². The number of carbonyl (C=O) groups excluding carboxylic acids is 1. The topological polar surface area (TPSA) is 32.3 Å². The maximum atomic E-state index is 12.2. The molecule has 1 aromatic rings. The molecule has 1 aromatic carbocycles. The summed E-state index contributed by atoms with van der Waals surface area (Å²) in [7, 11) is 0. The van der Waals surface area contributed by atoms with Crippen molar-refractivity contribution in [2.45, 2.75) is 25.8 Å². The molecule has 1 amide bonds. The normalized spacial score (nSPS) is 30.9. The number of fused-ring (bicyclic) bond motifs is 3. The van der Waals surface area contributed by atoms with Gasteiger partial charge in [0.15, 0.2) is 0 Å². The Morgan fingerprint density at radius 2 is 2.19 bits per heavy atom. The zero-order valence-corrected chi connectivity index (χ0v) is 12.7. The van der Waals surface area contributed by atoms with Crippen molar-refractivity contribution in [3.8, 4) is 0 Å². The first-order valence-electron chi connectivity index (χ1n) is 7.89. The Bertz CT molecular complexity index is 523. The highest BCUT2D eigenvalue weighted by Crippen LogP contribution is 2.36. The van der Waals surface area contributed by atoms with E-state index in [9.17, 15) is 4.79 Å². The van der Waals surface area contributed by atoms with Crippen LogP contribution < -0.4 is 5.32 Å². The van der Waals surface area contributed by atoms with E-state index < -0.39 is 0 Å². The van der Waals surface area contributed by atoms with Gasteiger partial charge in [-0.1, -0.05) is 23.8 Å². The van der Waals surface area contributed by atoms with E-state index in [1.165, 1.54) is 24.9 Å². The van der Waals surface area contributed by atoms with Gasteiger partial charge in [0.2, 0.25) is 0 Å². The van der Waals surface area contributed by atoms with Crippen LogP contribution >= 0.6 is 0 Å². The van der Waals surface area contributed by atoms with Crippen LogP contribution in [0.1, 0.15) is 28.8 Å². The van der Waals surface area contributed by atoms with Gasteiger partial charge in [-0.15, -0.1) is 6.58 Å². The number of carbonyl (C=O) groups is 1. The number of aryl methyl sites for hydroxylation is 1. The van der Waals surface area contributed by atoms with Crippen LogP contribution in [-0.4, -0.2) is 36.5 Å². The van der Waals surface area contributed by atoms with Gasteiger partial charge in [-0.2, -0.15) is 0 Å². The Kier molecular flexibility index (Phi) is 4.11. The molecular formula is C18H24N2O. The van der Waals surface area contributed by atoms with Gasteiger partial charge in [-0.3, -0.25) is 9.69 Å². The summed E-state index contributed by atoms with van der Waals surface area (Å²) in [5.41, 5.74) is 1.93. The Balaban J connectivity index is 1.55. The minimum atomic E-state index is 0.0397. The number of nitrogens with zero attached hydrogens (tertiary/aromatic N) is 1. The van der Waals surface area contributed by atoms with Gasteiger partial charge in [0, 0.05) is 24.7 Å². The number of rotatable bonds is 4. The van der Waals surface area contributed by atoms with Crippen LogP contribution in [0.15, 0.2) is 36.9 Å². The Morgan fingerprint density at radius 3 is 2.81 bits per heavy atom. The molecule has 0 radical (unpaired) electrons. The molecule has 112 valence electrons. The van der Waals surface area contributed by atoms with Crippen molar-refractivity contribution >= 4 is 5.91 Å². The van der Waals surface area contributed by atoms with Crippen LogP contribution in [0, 0.1) is 18.8 Å². The molecule has 4 rings (SSSR count). The lowest BCUT2D eigenvalue weighted by Gasteiger charge is -2.49. The Hall–Kier alpha value is -1.61. The summed E-state index contributed by atoms with van der Waals surface area (Å²) in [4.78, 5) is 14.7. The first-order valence-corrected chi connectivity index (χ1v) is 7.89. The molecule has 4 unspecified atom stereocenters. The van der Waals surface area contributed by atoms with E-state index in [1.807, 2.05) is 31.2 Å². The van der Waals surface area contributed by atoms with Crippen LogP contribution in [-0.2, 0) is 0 Å². The van der Waals surface area contributed by atoms with Crippen LogP contribution in [0.25, 0.3) is 0 Å². The van der Waals surface area contributed by atoms with Crippen molar-refractivity contribution in [1.29, 1.82) is 0 Å². The third-order valence-corrected chi connectivity index (χ3v) is 5.04. The standard InChI is InChI=1S/C18H24N2O/c1-3-14-12-20-9-8-16(14)10-17(20)11-19-18(21)15-6-4-13(2)5-7-15/h3-7,14,16-17H,1,8-12H2,2H3,(H,19,21). The minimum Gasteiger partial charge on any atom is -0.350 e. The van der Waals surface area contributed by atoms with Crippen molar-refractivity contribution < 1.29 is 4.79 Å². The lowest BCUT2D eigenvalue weighted by atomic mass is 9.75. The summed E-state index contributed by atoms with van der Waals surface area (Å²) >= 11 is 0. The van der Waals surface area contributed by atoms with E-state index in [4.69, 9.17) is 0 Å². The molecule has 0 aliphatic carbocycles. The number of piperidine rings is 3. The van der Waals surface area contributed by atoms with Gasteiger partial charge >= 0.3 is 0 Å². The average Bonchev–Trinajstić information content (AvgIpc) is 2.53. The summed E-state index contributed by atoms with van der Waals surface area (Å²) in [6, 6.07) is 8.25. The van der Waals surface area contributed by atoms with E-state index in [-0.39, 0.29) is 5.91 Å². The maximum absolute atomic E-state index is 12.2. The highest BCUT2D eigenvalue weighted by molar-refractivity contribution is 5.94. The molecule has 3 fully saturated rings. The zero-order valence-electron chi connectivity index (χ0n) is 12.7. The Labute approximate surface area is 127 Å².